The van der Waals surface area contributed by atoms with E-state index in [1.54, 1.807) is 0 Å². The van der Waals surface area contributed by atoms with Gasteiger partial charge in [-0.2, -0.15) is 0 Å². The van der Waals surface area contributed by atoms with Gasteiger partial charge in [0, 0.05) is 0 Å². The normalized spacial score (nSPS) is 11.0. The van der Waals surface area contributed by atoms with Crippen LogP contribution in [0.5, 0.6) is 0 Å². The van der Waals surface area contributed by atoms with Gasteiger partial charge in [0.1, 0.15) is 0 Å². The second-order valence-electron chi connectivity index (χ2n) is 7.27. The molecule has 4 N–H and O–H groups in total. The second-order valence-corrected chi connectivity index (χ2v) is 7.27. The first kappa shape index (κ1) is 20.9. The summed E-state index contributed by atoms with van der Waals surface area (Å²) in [6, 6.07) is 5.99. The van der Waals surface area contributed by atoms with Crippen molar-refractivity contribution in [2.24, 2.45) is 0 Å². The van der Waals surface area contributed by atoms with E-state index >= 15 is 0 Å². The van der Waals surface area contributed by atoms with Crippen LogP contribution in [0.15, 0.2) is 18.2 Å². The first-order valence-electron chi connectivity index (χ1n) is 10.4. The van der Waals surface area contributed by atoms with Crippen LogP contribution in [0.2, 0.25) is 0 Å². The van der Waals surface area contributed by atoms with Crippen molar-refractivity contribution in [1.29, 1.82) is 0 Å². The summed E-state index contributed by atoms with van der Waals surface area (Å²) in [5.41, 5.74) is 14.6. The highest BCUT2D eigenvalue weighted by molar-refractivity contribution is 5.67. The Bertz CT molecular complexity index is 414. The van der Waals surface area contributed by atoms with Gasteiger partial charge in [-0.25, -0.2) is 0 Å². The Morgan fingerprint density at radius 3 is 1.58 bits per heavy atom. The first-order chi connectivity index (χ1) is 11.8. The molecule has 0 saturated carbocycles. The molecule has 0 aliphatic heterocycles. The molecule has 0 fully saturated rings. The van der Waals surface area contributed by atoms with Crippen LogP contribution in [0.1, 0.15) is 102 Å². The number of nitrogen functional groups attached to an aromatic ring is 2. The number of unbranched alkanes of at least 4 members (excludes halogenated alkanes) is 13. The van der Waals surface area contributed by atoms with Crippen LogP contribution in [-0.2, 0) is 6.42 Å². The molecule has 0 bridgehead atoms. The van der Waals surface area contributed by atoms with Crippen molar-refractivity contribution >= 4 is 11.4 Å². The third-order valence-electron chi connectivity index (χ3n) is 5.03. The fourth-order valence-electron chi connectivity index (χ4n) is 3.36. The molecule has 0 heterocycles. The van der Waals surface area contributed by atoms with E-state index in [9.17, 15) is 0 Å². The van der Waals surface area contributed by atoms with Gasteiger partial charge in [0.25, 0.3) is 0 Å². The molecule has 0 spiro atoms. The minimum Gasteiger partial charge on any atom is -0.397 e. The van der Waals surface area contributed by atoms with Gasteiger partial charge in [-0.3, -0.25) is 0 Å². The average molecular weight is 333 g/mol. The molecule has 138 valence electrons. The number of nitrogens with two attached hydrogens (primary N) is 2. The summed E-state index contributed by atoms with van der Waals surface area (Å²) in [4.78, 5) is 0. The molecule has 0 aliphatic rings. The Labute approximate surface area is 150 Å². The third-order valence-corrected chi connectivity index (χ3v) is 5.03. The number of hydrogen-bond donors (Lipinski definition) is 2. The van der Waals surface area contributed by atoms with E-state index in [0.29, 0.717) is 0 Å². The summed E-state index contributed by atoms with van der Waals surface area (Å²) in [6.45, 7) is 2.28. The van der Waals surface area contributed by atoms with Crippen molar-refractivity contribution in [1.82, 2.24) is 0 Å². The fourth-order valence-corrected chi connectivity index (χ4v) is 3.36. The molecule has 0 aliphatic carbocycles. The molecule has 2 heteroatoms. The van der Waals surface area contributed by atoms with Crippen LogP contribution in [0.3, 0.4) is 0 Å². The largest absolute Gasteiger partial charge is 0.397 e. The first-order valence-corrected chi connectivity index (χ1v) is 10.4. The Hall–Kier alpha value is -1.18. The number of anilines is 2. The fraction of sp³-hybridized carbons (Fsp3) is 0.727. The highest BCUT2D eigenvalue weighted by Gasteiger charge is 2.01. The standard InChI is InChI=1S/C22H40N2/c1-2-3-4-5-6-7-8-9-10-11-12-13-14-15-17-20-18-16-19-21(23)22(20)24/h16,18-19H,2-15,17,23-24H2,1H3. The zero-order valence-electron chi connectivity index (χ0n) is 16.0. The van der Waals surface area contributed by atoms with E-state index < -0.39 is 0 Å². The summed E-state index contributed by atoms with van der Waals surface area (Å²) in [5, 5.41) is 0. The molecule has 0 saturated heterocycles. The topological polar surface area (TPSA) is 52.0 Å². The van der Waals surface area contributed by atoms with E-state index in [1.165, 1.54) is 95.5 Å². The van der Waals surface area contributed by atoms with Gasteiger partial charge in [-0.05, 0) is 24.5 Å². The Balaban J connectivity index is 1.85. The predicted octanol–water partition coefficient (Wildman–Crippen LogP) is 6.87. The van der Waals surface area contributed by atoms with E-state index in [-0.39, 0.29) is 0 Å². The van der Waals surface area contributed by atoms with Crippen LogP contribution in [0.25, 0.3) is 0 Å². The van der Waals surface area contributed by atoms with Crippen molar-refractivity contribution in [3.8, 4) is 0 Å². The molecule has 0 unspecified atom stereocenters. The van der Waals surface area contributed by atoms with Gasteiger partial charge in [-0.1, -0.05) is 103 Å². The monoisotopic (exact) mass is 332 g/mol. The summed E-state index contributed by atoms with van der Waals surface area (Å²) in [7, 11) is 0. The molecule has 0 radical (unpaired) electrons. The lowest BCUT2D eigenvalue weighted by Gasteiger charge is -2.08. The van der Waals surface area contributed by atoms with Crippen molar-refractivity contribution in [2.45, 2.75) is 103 Å². The predicted molar refractivity (Wildman–Crippen MR) is 109 cm³/mol. The second kappa shape index (κ2) is 14.2. The number of para-hydroxylation sites is 1. The smallest absolute Gasteiger partial charge is 0.0580 e. The zero-order valence-corrected chi connectivity index (χ0v) is 16.0. The molecule has 1 rings (SSSR count). The van der Waals surface area contributed by atoms with Crippen LogP contribution in [0, 0.1) is 0 Å². The molecule has 0 atom stereocenters. The maximum Gasteiger partial charge on any atom is 0.0580 e. The maximum atomic E-state index is 6.01. The average Bonchev–Trinajstić information content (AvgIpc) is 2.58. The lowest BCUT2D eigenvalue weighted by Crippen LogP contribution is -1.99. The molecule has 1 aromatic rings. The van der Waals surface area contributed by atoms with E-state index in [1.807, 2.05) is 12.1 Å². The minimum atomic E-state index is 0.720. The van der Waals surface area contributed by atoms with Crippen LogP contribution in [-0.4, -0.2) is 0 Å². The van der Waals surface area contributed by atoms with Crippen LogP contribution < -0.4 is 11.5 Å². The Morgan fingerprint density at radius 2 is 1.08 bits per heavy atom. The molecule has 2 nitrogen and oxygen atoms in total. The van der Waals surface area contributed by atoms with Gasteiger partial charge in [0.15, 0.2) is 0 Å². The summed E-state index contributed by atoms with van der Waals surface area (Å²) in [6.07, 6.45) is 20.6. The number of benzene rings is 1. The summed E-state index contributed by atoms with van der Waals surface area (Å²) < 4.78 is 0. The Morgan fingerprint density at radius 1 is 0.625 bits per heavy atom. The molecular formula is C22H40N2. The lowest BCUT2D eigenvalue weighted by molar-refractivity contribution is 0.535. The lowest BCUT2D eigenvalue weighted by atomic mass is 10.0. The maximum absolute atomic E-state index is 6.01. The van der Waals surface area contributed by atoms with Gasteiger partial charge in [0.05, 0.1) is 11.4 Å². The van der Waals surface area contributed by atoms with Crippen LogP contribution >= 0.6 is 0 Å². The quantitative estimate of drug-likeness (QED) is 0.272. The molecule has 0 aromatic heterocycles. The molecule has 1 aromatic carbocycles. The van der Waals surface area contributed by atoms with Crippen molar-refractivity contribution in [2.75, 3.05) is 11.5 Å². The number of rotatable bonds is 15. The van der Waals surface area contributed by atoms with Crippen molar-refractivity contribution < 1.29 is 0 Å². The molecule has 24 heavy (non-hydrogen) atoms. The van der Waals surface area contributed by atoms with Crippen molar-refractivity contribution in [3.63, 3.8) is 0 Å². The van der Waals surface area contributed by atoms with Crippen molar-refractivity contribution in [3.05, 3.63) is 23.8 Å². The van der Waals surface area contributed by atoms with E-state index in [2.05, 4.69) is 13.0 Å². The number of aryl methyl sites for hydroxylation is 1. The Kier molecular flexibility index (Phi) is 12.3. The summed E-state index contributed by atoms with van der Waals surface area (Å²) >= 11 is 0. The number of hydrogen-bond acceptors (Lipinski definition) is 2. The van der Waals surface area contributed by atoms with Crippen LogP contribution in [0.4, 0.5) is 11.4 Å². The zero-order chi connectivity index (χ0) is 17.5. The van der Waals surface area contributed by atoms with Gasteiger partial charge in [0.2, 0.25) is 0 Å². The van der Waals surface area contributed by atoms with Gasteiger partial charge in [-0.15, -0.1) is 0 Å². The van der Waals surface area contributed by atoms with Gasteiger partial charge < -0.3 is 11.5 Å². The summed E-state index contributed by atoms with van der Waals surface area (Å²) in [5.74, 6) is 0. The molecule has 0 amide bonds. The highest BCUT2D eigenvalue weighted by Crippen LogP contribution is 2.21. The van der Waals surface area contributed by atoms with E-state index in [4.69, 9.17) is 11.5 Å². The molecular weight excluding hydrogens is 292 g/mol. The SMILES string of the molecule is CCCCCCCCCCCCCCCCc1cccc(N)c1N. The minimum absolute atomic E-state index is 0.720. The highest BCUT2D eigenvalue weighted by atomic mass is 14.7. The third kappa shape index (κ3) is 9.85. The van der Waals surface area contributed by atoms with E-state index in [0.717, 1.165) is 17.8 Å². The van der Waals surface area contributed by atoms with Gasteiger partial charge >= 0.3 is 0 Å².